The molecule has 1 aliphatic rings. The molecule has 1 aliphatic heterocycles. The van der Waals surface area contributed by atoms with Gasteiger partial charge in [0.25, 0.3) is 0 Å². The Balaban J connectivity index is 1.99. The molecule has 2 rings (SSSR count). The van der Waals surface area contributed by atoms with E-state index in [0.717, 1.165) is 18.5 Å². The van der Waals surface area contributed by atoms with E-state index in [1.165, 1.54) is 0 Å². The molecule has 0 aromatic heterocycles. The summed E-state index contributed by atoms with van der Waals surface area (Å²) < 4.78 is 5.43. The van der Waals surface area contributed by atoms with Gasteiger partial charge in [-0.15, -0.1) is 0 Å². The van der Waals surface area contributed by atoms with Crippen LogP contribution in [0.25, 0.3) is 0 Å². The van der Waals surface area contributed by atoms with Crippen molar-refractivity contribution in [3.8, 4) is 0 Å². The maximum Gasteiger partial charge on any atom is 0.410 e. The zero-order valence-electron chi connectivity index (χ0n) is 13.2. The number of benzene rings is 1. The van der Waals surface area contributed by atoms with Crippen LogP contribution in [0.15, 0.2) is 18.2 Å². The second kappa shape index (κ2) is 7.07. The summed E-state index contributed by atoms with van der Waals surface area (Å²) >= 11 is 12.3. The minimum atomic E-state index is -0.478. The molecule has 0 bridgehead atoms. The fraction of sp³-hybridized carbons (Fsp3) is 0.562. The topological polar surface area (TPSA) is 41.6 Å². The van der Waals surface area contributed by atoms with Gasteiger partial charge in [-0.25, -0.2) is 4.79 Å². The Labute approximate surface area is 141 Å². The van der Waals surface area contributed by atoms with Crippen molar-refractivity contribution in [2.75, 3.05) is 19.6 Å². The Kier molecular flexibility index (Phi) is 5.59. The lowest BCUT2D eigenvalue weighted by atomic mass is 10.0. The standard InChI is InChI=1S/C16H22Cl2N2O2/c1-16(2,3)22-15(21)20-8-7-19-12(10-20)9-11-5-4-6-13(17)14(11)18/h4-6,12,19H,7-10H2,1-3H3. The smallest absolute Gasteiger partial charge is 0.410 e. The number of ether oxygens (including phenoxy) is 1. The molecule has 4 nitrogen and oxygen atoms in total. The molecule has 1 aromatic rings. The number of amides is 1. The highest BCUT2D eigenvalue weighted by molar-refractivity contribution is 6.42. The fourth-order valence-electron chi connectivity index (χ4n) is 2.43. The number of hydrogen-bond acceptors (Lipinski definition) is 3. The highest BCUT2D eigenvalue weighted by Crippen LogP contribution is 2.26. The molecule has 1 amide bonds. The van der Waals surface area contributed by atoms with Crippen molar-refractivity contribution in [2.45, 2.75) is 38.8 Å². The predicted octanol–water partition coefficient (Wildman–Crippen LogP) is 3.74. The van der Waals surface area contributed by atoms with Gasteiger partial charge in [0, 0.05) is 25.7 Å². The molecular formula is C16H22Cl2N2O2. The average molecular weight is 345 g/mol. The second-order valence-corrected chi connectivity index (χ2v) is 7.28. The lowest BCUT2D eigenvalue weighted by molar-refractivity contribution is 0.0195. The van der Waals surface area contributed by atoms with E-state index < -0.39 is 5.60 Å². The normalized spacial score (nSPS) is 19.1. The quantitative estimate of drug-likeness (QED) is 0.888. The Bertz CT molecular complexity index is 543. The Hall–Kier alpha value is -0.970. The molecule has 6 heteroatoms. The van der Waals surface area contributed by atoms with Gasteiger partial charge in [-0.3, -0.25) is 0 Å². The van der Waals surface area contributed by atoms with Gasteiger partial charge >= 0.3 is 6.09 Å². The van der Waals surface area contributed by atoms with E-state index in [1.54, 1.807) is 11.0 Å². The first-order valence-electron chi connectivity index (χ1n) is 7.40. The third kappa shape index (κ3) is 4.77. The first kappa shape index (κ1) is 17.4. The monoisotopic (exact) mass is 344 g/mol. The average Bonchev–Trinajstić information content (AvgIpc) is 2.42. The van der Waals surface area contributed by atoms with Crippen LogP contribution in [0, 0.1) is 0 Å². The van der Waals surface area contributed by atoms with Gasteiger partial charge in [-0.2, -0.15) is 0 Å². The molecule has 1 aromatic carbocycles. The van der Waals surface area contributed by atoms with Crippen LogP contribution in [-0.2, 0) is 11.2 Å². The van der Waals surface area contributed by atoms with Crippen molar-refractivity contribution >= 4 is 29.3 Å². The molecule has 0 aliphatic carbocycles. The zero-order chi connectivity index (χ0) is 16.3. The highest BCUT2D eigenvalue weighted by atomic mass is 35.5. The minimum Gasteiger partial charge on any atom is -0.444 e. The van der Waals surface area contributed by atoms with E-state index in [9.17, 15) is 4.79 Å². The van der Waals surface area contributed by atoms with Crippen LogP contribution in [-0.4, -0.2) is 42.3 Å². The van der Waals surface area contributed by atoms with Crippen LogP contribution in [0.2, 0.25) is 10.0 Å². The molecular weight excluding hydrogens is 323 g/mol. The maximum absolute atomic E-state index is 12.2. The lowest BCUT2D eigenvalue weighted by Gasteiger charge is -2.35. The number of rotatable bonds is 2. The molecule has 1 N–H and O–H groups in total. The Morgan fingerprint density at radius 1 is 1.41 bits per heavy atom. The van der Waals surface area contributed by atoms with E-state index in [-0.39, 0.29) is 12.1 Å². The van der Waals surface area contributed by atoms with Crippen LogP contribution in [0.5, 0.6) is 0 Å². The molecule has 1 saturated heterocycles. The van der Waals surface area contributed by atoms with Crippen molar-refractivity contribution in [2.24, 2.45) is 0 Å². The molecule has 0 spiro atoms. The number of nitrogens with one attached hydrogen (secondary N) is 1. The number of piperazine rings is 1. The number of halogens is 2. The van der Waals surface area contributed by atoms with Gasteiger partial charge in [-0.05, 0) is 38.8 Å². The Morgan fingerprint density at radius 3 is 2.82 bits per heavy atom. The van der Waals surface area contributed by atoms with Crippen molar-refractivity contribution in [3.63, 3.8) is 0 Å². The van der Waals surface area contributed by atoms with Gasteiger partial charge in [0.1, 0.15) is 5.60 Å². The second-order valence-electron chi connectivity index (χ2n) is 6.49. The van der Waals surface area contributed by atoms with Crippen LogP contribution in [0.3, 0.4) is 0 Å². The predicted molar refractivity (Wildman–Crippen MR) is 89.8 cm³/mol. The SMILES string of the molecule is CC(C)(C)OC(=O)N1CCNC(Cc2cccc(Cl)c2Cl)C1. The van der Waals surface area contributed by atoms with Gasteiger partial charge < -0.3 is 15.0 Å². The van der Waals surface area contributed by atoms with E-state index in [4.69, 9.17) is 27.9 Å². The van der Waals surface area contributed by atoms with Crippen LogP contribution >= 0.6 is 23.2 Å². The number of carbonyl (C=O) groups is 1. The molecule has 1 fully saturated rings. The largest absolute Gasteiger partial charge is 0.444 e. The summed E-state index contributed by atoms with van der Waals surface area (Å²) in [5, 5.41) is 4.55. The summed E-state index contributed by atoms with van der Waals surface area (Å²) in [6.07, 6.45) is 0.454. The van der Waals surface area contributed by atoms with Crippen molar-refractivity contribution in [1.82, 2.24) is 10.2 Å². The van der Waals surface area contributed by atoms with Crippen LogP contribution in [0.1, 0.15) is 26.3 Å². The first-order valence-corrected chi connectivity index (χ1v) is 8.16. The molecule has 122 valence electrons. The highest BCUT2D eigenvalue weighted by Gasteiger charge is 2.27. The summed E-state index contributed by atoms with van der Waals surface area (Å²) in [6.45, 7) is 7.59. The number of hydrogen-bond donors (Lipinski definition) is 1. The van der Waals surface area contributed by atoms with Crippen LogP contribution < -0.4 is 5.32 Å². The van der Waals surface area contributed by atoms with Gasteiger partial charge in [0.05, 0.1) is 10.0 Å². The van der Waals surface area contributed by atoms with Gasteiger partial charge in [-0.1, -0.05) is 35.3 Å². The summed E-state index contributed by atoms with van der Waals surface area (Å²) in [5.41, 5.74) is 0.506. The van der Waals surface area contributed by atoms with E-state index in [2.05, 4.69) is 5.32 Å². The molecule has 1 unspecified atom stereocenters. The minimum absolute atomic E-state index is 0.136. The van der Waals surface area contributed by atoms with E-state index in [1.807, 2.05) is 32.9 Å². The molecule has 1 heterocycles. The van der Waals surface area contributed by atoms with Gasteiger partial charge in [0.15, 0.2) is 0 Å². The summed E-state index contributed by atoms with van der Waals surface area (Å²) in [7, 11) is 0. The van der Waals surface area contributed by atoms with E-state index in [0.29, 0.717) is 23.1 Å². The lowest BCUT2D eigenvalue weighted by Crippen LogP contribution is -2.54. The van der Waals surface area contributed by atoms with Crippen molar-refractivity contribution in [1.29, 1.82) is 0 Å². The van der Waals surface area contributed by atoms with E-state index >= 15 is 0 Å². The van der Waals surface area contributed by atoms with Crippen LogP contribution in [0.4, 0.5) is 4.79 Å². The number of carbonyl (C=O) groups excluding carboxylic acids is 1. The fourth-order valence-corrected chi connectivity index (χ4v) is 2.82. The zero-order valence-corrected chi connectivity index (χ0v) is 14.7. The van der Waals surface area contributed by atoms with Crippen molar-refractivity contribution in [3.05, 3.63) is 33.8 Å². The molecule has 0 radical (unpaired) electrons. The van der Waals surface area contributed by atoms with Gasteiger partial charge in [0.2, 0.25) is 0 Å². The first-order chi connectivity index (χ1) is 10.3. The summed E-state index contributed by atoms with van der Waals surface area (Å²) in [5.74, 6) is 0. The summed E-state index contributed by atoms with van der Waals surface area (Å²) in [4.78, 5) is 13.9. The maximum atomic E-state index is 12.2. The molecule has 1 atom stereocenters. The summed E-state index contributed by atoms with van der Waals surface area (Å²) in [6, 6.07) is 5.76. The number of nitrogens with zero attached hydrogens (tertiary/aromatic N) is 1. The Morgan fingerprint density at radius 2 is 2.14 bits per heavy atom. The third-order valence-electron chi connectivity index (χ3n) is 3.41. The molecule has 22 heavy (non-hydrogen) atoms. The van der Waals surface area contributed by atoms with Crippen molar-refractivity contribution < 1.29 is 9.53 Å². The third-order valence-corrected chi connectivity index (χ3v) is 4.26. The molecule has 0 saturated carbocycles.